The van der Waals surface area contributed by atoms with Gasteiger partial charge in [0.1, 0.15) is 5.82 Å². The summed E-state index contributed by atoms with van der Waals surface area (Å²) in [4.78, 5) is 15.3. The Morgan fingerprint density at radius 3 is 3.25 bits per heavy atom. The highest BCUT2D eigenvalue weighted by Gasteiger charge is 2.17. The summed E-state index contributed by atoms with van der Waals surface area (Å²) in [6, 6.07) is 1.66. The molecule has 4 heteroatoms. The van der Waals surface area contributed by atoms with Gasteiger partial charge in [-0.2, -0.15) is 0 Å². The summed E-state index contributed by atoms with van der Waals surface area (Å²) < 4.78 is 0. The Balaban J connectivity index is 2.54. The predicted molar refractivity (Wildman–Crippen MR) is 46.1 cm³/mol. The molecule has 1 aliphatic heterocycles. The highest BCUT2D eigenvalue weighted by atomic mass is 16.1. The number of anilines is 2. The Morgan fingerprint density at radius 1 is 1.58 bits per heavy atom. The van der Waals surface area contributed by atoms with E-state index in [4.69, 9.17) is 5.73 Å². The lowest BCUT2D eigenvalue weighted by atomic mass is 10.1. The van der Waals surface area contributed by atoms with Crippen LogP contribution in [0.1, 0.15) is 16.8 Å². The molecule has 0 aromatic carbocycles. The van der Waals surface area contributed by atoms with E-state index in [0.717, 1.165) is 0 Å². The Labute approximate surface area is 69.8 Å². The van der Waals surface area contributed by atoms with Crippen LogP contribution < -0.4 is 11.1 Å². The molecule has 62 valence electrons. The monoisotopic (exact) mass is 163 g/mol. The molecule has 0 aliphatic carbocycles. The van der Waals surface area contributed by atoms with Gasteiger partial charge in [0, 0.05) is 13.0 Å². The maximum absolute atomic E-state index is 11.3. The Hall–Kier alpha value is -1.58. The Bertz CT molecular complexity index is 335. The lowest BCUT2D eigenvalue weighted by Gasteiger charge is -2.15. The van der Waals surface area contributed by atoms with Gasteiger partial charge in [0.15, 0.2) is 5.78 Å². The van der Waals surface area contributed by atoms with Crippen molar-refractivity contribution in [1.82, 2.24) is 4.98 Å². The van der Waals surface area contributed by atoms with E-state index in [0.29, 0.717) is 30.0 Å². The highest BCUT2D eigenvalue weighted by molar-refractivity contribution is 6.02. The van der Waals surface area contributed by atoms with Crippen molar-refractivity contribution < 1.29 is 4.79 Å². The molecular weight excluding hydrogens is 154 g/mol. The summed E-state index contributed by atoms with van der Waals surface area (Å²) in [5, 5.41) is 3.03. The van der Waals surface area contributed by atoms with Crippen molar-refractivity contribution >= 4 is 17.3 Å². The van der Waals surface area contributed by atoms with Crippen molar-refractivity contribution in [3.63, 3.8) is 0 Å². The second-order valence-corrected chi connectivity index (χ2v) is 2.76. The third-order valence-corrected chi connectivity index (χ3v) is 1.85. The maximum Gasteiger partial charge on any atom is 0.168 e. The number of nitrogens with one attached hydrogen (secondary N) is 1. The number of Topliss-reactive ketones (excluding diaryl/α,β-unsaturated/α-hetero) is 1. The largest absolute Gasteiger partial charge is 0.397 e. The number of aromatic nitrogens is 1. The molecule has 0 saturated heterocycles. The molecule has 0 radical (unpaired) electrons. The number of nitrogens with two attached hydrogens (primary N) is 1. The molecule has 0 saturated carbocycles. The number of nitrogens with zero attached hydrogens (tertiary/aromatic N) is 1. The van der Waals surface area contributed by atoms with Crippen LogP contribution in [0.3, 0.4) is 0 Å². The van der Waals surface area contributed by atoms with Crippen molar-refractivity contribution in [2.75, 3.05) is 17.6 Å². The molecule has 3 N–H and O–H groups in total. The van der Waals surface area contributed by atoms with Crippen LogP contribution in [0.25, 0.3) is 0 Å². The first-order valence-electron chi connectivity index (χ1n) is 3.80. The summed E-state index contributed by atoms with van der Waals surface area (Å²) in [6.45, 7) is 0.669. The van der Waals surface area contributed by atoms with Gasteiger partial charge in [-0.05, 0) is 6.07 Å². The topological polar surface area (TPSA) is 68.0 Å². The van der Waals surface area contributed by atoms with Crippen LogP contribution in [0.5, 0.6) is 0 Å². The third kappa shape index (κ3) is 1.01. The van der Waals surface area contributed by atoms with Gasteiger partial charge in [-0.3, -0.25) is 4.79 Å². The van der Waals surface area contributed by atoms with Gasteiger partial charge in [-0.1, -0.05) is 0 Å². The molecule has 0 spiro atoms. The van der Waals surface area contributed by atoms with E-state index < -0.39 is 0 Å². The SMILES string of the molecule is Nc1cnc2c(c1)C(=O)CCN2. The minimum Gasteiger partial charge on any atom is -0.397 e. The van der Waals surface area contributed by atoms with Crippen molar-refractivity contribution in [3.8, 4) is 0 Å². The summed E-state index contributed by atoms with van der Waals surface area (Å²) in [5.74, 6) is 0.768. The molecule has 0 bridgehead atoms. The fraction of sp³-hybridized carbons (Fsp3) is 0.250. The van der Waals surface area contributed by atoms with Crippen molar-refractivity contribution in [1.29, 1.82) is 0 Å². The van der Waals surface area contributed by atoms with E-state index >= 15 is 0 Å². The van der Waals surface area contributed by atoms with Crippen LogP contribution in [-0.4, -0.2) is 17.3 Å². The molecule has 2 rings (SSSR count). The second-order valence-electron chi connectivity index (χ2n) is 2.76. The number of fused-ring (bicyclic) bond motifs is 1. The number of hydrogen-bond donors (Lipinski definition) is 2. The van der Waals surface area contributed by atoms with Crippen LogP contribution in [0, 0.1) is 0 Å². The second kappa shape index (κ2) is 2.48. The summed E-state index contributed by atoms with van der Waals surface area (Å²) in [7, 11) is 0. The van der Waals surface area contributed by atoms with Crippen molar-refractivity contribution in [2.45, 2.75) is 6.42 Å². The average molecular weight is 163 g/mol. The zero-order chi connectivity index (χ0) is 8.55. The van der Waals surface area contributed by atoms with Gasteiger partial charge in [-0.25, -0.2) is 4.98 Å². The van der Waals surface area contributed by atoms with Gasteiger partial charge >= 0.3 is 0 Å². The van der Waals surface area contributed by atoms with Crippen molar-refractivity contribution in [3.05, 3.63) is 17.8 Å². The number of rotatable bonds is 0. The van der Waals surface area contributed by atoms with Gasteiger partial charge < -0.3 is 11.1 Å². The molecule has 1 aliphatic rings. The molecule has 12 heavy (non-hydrogen) atoms. The summed E-state index contributed by atoms with van der Waals surface area (Å²) in [6.07, 6.45) is 2.07. The number of carbonyl (C=O) groups excluding carboxylic acids is 1. The molecular formula is C8H9N3O. The average Bonchev–Trinajstić information content (AvgIpc) is 2.07. The zero-order valence-corrected chi connectivity index (χ0v) is 6.50. The van der Waals surface area contributed by atoms with Crippen molar-refractivity contribution in [2.24, 2.45) is 0 Å². The minimum atomic E-state index is 0.114. The van der Waals surface area contributed by atoms with Gasteiger partial charge in [0.05, 0.1) is 17.4 Å². The molecule has 0 atom stereocenters. The molecule has 4 nitrogen and oxygen atoms in total. The van der Waals surface area contributed by atoms with E-state index in [1.807, 2.05) is 0 Å². The number of carbonyl (C=O) groups is 1. The van der Waals surface area contributed by atoms with E-state index in [9.17, 15) is 4.79 Å². The molecule has 1 aromatic heterocycles. The third-order valence-electron chi connectivity index (χ3n) is 1.85. The van der Waals surface area contributed by atoms with Crippen LogP contribution in [0.4, 0.5) is 11.5 Å². The number of hydrogen-bond acceptors (Lipinski definition) is 4. The smallest absolute Gasteiger partial charge is 0.168 e. The summed E-state index contributed by atoms with van der Waals surface area (Å²) in [5.41, 5.74) is 6.65. The first-order chi connectivity index (χ1) is 5.77. The number of pyridine rings is 1. The molecule has 2 heterocycles. The first kappa shape index (κ1) is 7.09. The maximum atomic E-state index is 11.3. The van der Waals surface area contributed by atoms with E-state index in [1.54, 1.807) is 12.3 Å². The lowest BCUT2D eigenvalue weighted by molar-refractivity contribution is 0.0983. The molecule has 0 unspecified atom stereocenters. The predicted octanol–water partition coefficient (Wildman–Crippen LogP) is 0.662. The van der Waals surface area contributed by atoms with Crippen LogP contribution in [-0.2, 0) is 0 Å². The normalized spacial score (nSPS) is 15.2. The first-order valence-corrected chi connectivity index (χ1v) is 3.80. The molecule has 0 fully saturated rings. The van der Waals surface area contributed by atoms with E-state index in [-0.39, 0.29) is 5.78 Å². The molecule has 1 aromatic rings. The number of ketones is 1. The van der Waals surface area contributed by atoms with E-state index in [1.165, 1.54) is 0 Å². The number of nitrogen functional groups attached to an aromatic ring is 1. The van der Waals surface area contributed by atoms with Crippen LogP contribution in [0.2, 0.25) is 0 Å². The Morgan fingerprint density at radius 2 is 2.42 bits per heavy atom. The zero-order valence-electron chi connectivity index (χ0n) is 6.50. The fourth-order valence-electron chi connectivity index (χ4n) is 1.26. The van der Waals surface area contributed by atoms with E-state index in [2.05, 4.69) is 10.3 Å². The van der Waals surface area contributed by atoms with Crippen LogP contribution in [0.15, 0.2) is 12.3 Å². The lowest BCUT2D eigenvalue weighted by Crippen LogP contribution is -2.19. The Kier molecular flexibility index (Phi) is 1.46. The minimum absolute atomic E-state index is 0.114. The van der Waals surface area contributed by atoms with Gasteiger partial charge in [-0.15, -0.1) is 0 Å². The van der Waals surface area contributed by atoms with Gasteiger partial charge in [0.2, 0.25) is 0 Å². The van der Waals surface area contributed by atoms with Gasteiger partial charge in [0.25, 0.3) is 0 Å². The van der Waals surface area contributed by atoms with Crippen LogP contribution >= 0.6 is 0 Å². The fourth-order valence-corrected chi connectivity index (χ4v) is 1.26. The standard InChI is InChI=1S/C8H9N3O/c9-5-3-6-7(12)1-2-10-8(6)11-4-5/h3-4H,1-2,9H2,(H,10,11). The summed E-state index contributed by atoms with van der Waals surface area (Å²) >= 11 is 0. The quantitative estimate of drug-likeness (QED) is 0.589. The highest BCUT2D eigenvalue weighted by Crippen LogP contribution is 2.20. The molecule has 0 amide bonds.